The summed E-state index contributed by atoms with van der Waals surface area (Å²) in [5.41, 5.74) is 5.52. The van der Waals surface area contributed by atoms with Crippen molar-refractivity contribution in [2.75, 3.05) is 5.73 Å². The third-order valence-electron chi connectivity index (χ3n) is 3.48. The predicted molar refractivity (Wildman–Crippen MR) is 64.7 cm³/mol. The van der Waals surface area contributed by atoms with Crippen LogP contribution in [0, 0.1) is 5.41 Å². The summed E-state index contributed by atoms with van der Waals surface area (Å²) in [6.07, 6.45) is 4.17. The van der Waals surface area contributed by atoms with Crippen molar-refractivity contribution in [3.05, 3.63) is 6.20 Å². The van der Waals surface area contributed by atoms with E-state index in [0.29, 0.717) is 0 Å². The van der Waals surface area contributed by atoms with Gasteiger partial charge in [-0.25, -0.2) is 13.1 Å². The molecule has 2 rings (SSSR count). The van der Waals surface area contributed by atoms with Crippen molar-refractivity contribution in [3.63, 3.8) is 0 Å². The molecule has 4 N–H and O–H groups in total. The number of nitrogen functional groups attached to an aromatic ring is 1. The molecule has 0 bridgehead atoms. The minimum absolute atomic E-state index is 0.00837. The smallest absolute Gasteiger partial charge is 0.246 e. The van der Waals surface area contributed by atoms with Crippen LogP contribution in [-0.4, -0.2) is 24.7 Å². The van der Waals surface area contributed by atoms with Gasteiger partial charge < -0.3 is 5.73 Å². The van der Waals surface area contributed by atoms with E-state index in [1.807, 2.05) is 0 Å². The molecule has 6 nitrogen and oxygen atoms in total. The second-order valence-corrected chi connectivity index (χ2v) is 6.89. The van der Waals surface area contributed by atoms with Gasteiger partial charge in [0.1, 0.15) is 10.7 Å². The third kappa shape index (κ3) is 2.30. The minimum Gasteiger partial charge on any atom is -0.383 e. The lowest BCUT2D eigenvalue weighted by atomic mass is 9.88. The second kappa shape index (κ2) is 3.99. The van der Waals surface area contributed by atoms with Gasteiger partial charge in [-0.3, -0.25) is 5.10 Å². The van der Waals surface area contributed by atoms with Gasteiger partial charge in [0.15, 0.2) is 0 Å². The number of rotatable bonds is 3. The molecule has 96 valence electrons. The number of aromatic amines is 1. The molecule has 1 unspecified atom stereocenters. The van der Waals surface area contributed by atoms with Crippen LogP contribution >= 0.6 is 0 Å². The van der Waals surface area contributed by atoms with Crippen molar-refractivity contribution in [1.29, 1.82) is 0 Å². The summed E-state index contributed by atoms with van der Waals surface area (Å²) >= 11 is 0. The molecule has 1 aromatic heterocycles. The summed E-state index contributed by atoms with van der Waals surface area (Å²) in [7, 11) is -3.57. The molecule has 0 spiro atoms. The first-order chi connectivity index (χ1) is 7.83. The molecule has 1 fully saturated rings. The number of hydrogen-bond acceptors (Lipinski definition) is 4. The minimum atomic E-state index is -3.57. The zero-order chi connectivity index (χ0) is 12.7. The van der Waals surface area contributed by atoms with Crippen LogP contribution in [0.5, 0.6) is 0 Å². The quantitative estimate of drug-likeness (QED) is 0.748. The monoisotopic (exact) mass is 258 g/mol. The third-order valence-corrected chi connectivity index (χ3v) is 4.98. The SMILES string of the molecule is CC1(C)CCCC1NS(=O)(=O)c1cn[nH]c1N. The highest BCUT2D eigenvalue weighted by molar-refractivity contribution is 7.89. The van der Waals surface area contributed by atoms with Crippen LogP contribution in [0.1, 0.15) is 33.1 Å². The second-order valence-electron chi connectivity index (χ2n) is 5.20. The highest BCUT2D eigenvalue weighted by atomic mass is 32.2. The number of nitrogens with two attached hydrogens (primary N) is 1. The van der Waals surface area contributed by atoms with E-state index in [1.165, 1.54) is 6.20 Å². The van der Waals surface area contributed by atoms with Gasteiger partial charge in [-0.2, -0.15) is 5.10 Å². The fourth-order valence-electron chi connectivity index (χ4n) is 2.30. The first kappa shape index (κ1) is 12.4. The summed E-state index contributed by atoms with van der Waals surface area (Å²) in [5, 5.41) is 6.06. The first-order valence-corrected chi connectivity index (χ1v) is 7.12. The molecule has 0 aliphatic heterocycles. The van der Waals surface area contributed by atoms with E-state index in [9.17, 15) is 8.42 Å². The van der Waals surface area contributed by atoms with E-state index in [2.05, 4.69) is 28.8 Å². The molecule has 1 saturated carbocycles. The topological polar surface area (TPSA) is 101 Å². The van der Waals surface area contributed by atoms with E-state index in [-0.39, 0.29) is 22.2 Å². The Labute approximate surface area is 101 Å². The van der Waals surface area contributed by atoms with Crippen molar-refractivity contribution in [2.45, 2.75) is 44.0 Å². The molecule has 0 saturated heterocycles. The van der Waals surface area contributed by atoms with Crippen LogP contribution in [0.3, 0.4) is 0 Å². The molecule has 1 atom stereocenters. The van der Waals surface area contributed by atoms with Crippen molar-refractivity contribution in [1.82, 2.24) is 14.9 Å². The summed E-state index contributed by atoms with van der Waals surface area (Å²) in [5.74, 6) is 0.0771. The number of H-pyrrole nitrogens is 1. The fraction of sp³-hybridized carbons (Fsp3) is 0.700. The Bertz CT molecular complexity index is 506. The molecule has 1 aromatic rings. The summed E-state index contributed by atoms with van der Waals surface area (Å²) in [6, 6.07) is -0.0400. The Morgan fingerprint density at radius 1 is 1.59 bits per heavy atom. The number of hydrogen-bond donors (Lipinski definition) is 3. The number of aromatic nitrogens is 2. The largest absolute Gasteiger partial charge is 0.383 e. The van der Waals surface area contributed by atoms with Gasteiger partial charge in [-0.05, 0) is 18.3 Å². The average molecular weight is 258 g/mol. The number of nitrogens with zero attached hydrogens (tertiary/aromatic N) is 1. The maximum absolute atomic E-state index is 12.1. The van der Waals surface area contributed by atoms with Gasteiger partial charge in [-0.1, -0.05) is 20.3 Å². The molecule has 1 aliphatic carbocycles. The van der Waals surface area contributed by atoms with Crippen molar-refractivity contribution >= 4 is 15.8 Å². The Morgan fingerprint density at radius 2 is 2.29 bits per heavy atom. The lowest BCUT2D eigenvalue weighted by Crippen LogP contribution is -2.41. The number of nitrogens with one attached hydrogen (secondary N) is 2. The molecule has 17 heavy (non-hydrogen) atoms. The van der Waals surface area contributed by atoms with Crippen LogP contribution in [0.15, 0.2) is 11.1 Å². The summed E-state index contributed by atoms with van der Waals surface area (Å²) in [6.45, 7) is 4.15. The van der Waals surface area contributed by atoms with Gasteiger partial charge in [-0.15, -0.1) is 0 Å². The summed E-state index contributed by atoms with van der Waals surface area (Å²) in [4.78, 5) is 0.0280. The van der Waals surface area contributed by atoms with Gasteiger partial charge in [0.2, 0.25) is 10.0 Å². The van der Waals surface area contributed by atoms with Crippen LogP contribution in [0.25, 0.3) is 0 Å². The molecule has 7 heteroatoms. The number of anilines is 1. The van der Waals surface area contributed by atoms with Crippen LogP contribution in [0.4, 0.5) is 5.82 Å². The molecular weight excluding hydrogens is 240 g/mol. The van der Waals surface area contributed by atoms with Crippen LogP contribution < -0.4 is 10.5 Å². The maximum Gasteiger partial charge on any atom is 0.246 e. The predicted octanol–water partition coefficient (Wildman–Crippen LogP) is 0.849. The Kier molecular flexibility index (Phi) is 2.90. The van der Waals surface area contributed by atoms with Crippen LogP contribution in [0.2, 0.25) is 0 Å². The lowest BCUT2D eigenvalue weighted by molar-refractivity contribution is 0.313. The van der Waals surface area contributed by atoms with Crippen molar-refractivity contribution in [2.24, 2.45) is 5.41 Å². The summed E-state index contributed by atoms with van der Waals surface area (Å²) < 4.78 is 26.9. The highest BCUT2D eigenvalue weighted by Gasteiger charge is 2.37. The fourth-order valence-corrected chi connectivity index (χ4v) is 3.76. The maximum atomic E-state index is 12.1. The van der Waals surface area contributed by atoms with Crippen molar-refractivity contribution in [3.8, 4) is 0 Å². The Hall–Kier alpha value is -1.08. The molecule has 0 amide bonds. The van der Waals surface area contributed by atoms with E-state index >= 15 is 0 Å². The van der Waals surface area contributed by atoms with Gasteiger partial charge in [0.25, 0.3) is 0 Å². The van der Waals surface area contributed by atoms with Crippen molar-refractivity contribution < 1.29 is 8.42 Å². The van der Waals surface area contributed by atoms with Gasteiger partial charge in [0.05, 0.1) is 6.20 Å². The Balaban J connectivity index is 2.22. The van der Waals surface area contributed by atoms with Crippen LogP contribution in [-0.2, 0) is 10.0 Å². The molecular formula is C10H18N4O2S. The molecule has 1 aliphatic rings. The zero-order valence-corrected chi connectivity index (χ0v) is 10.8. The average Bonchev–Trinajstić information content (AvgIpc) is 2.74. The van der Waals surface area contributed by atoms with E-state index in [0.717, 1.165) is 19.3 Å². The van der Waals surface area contributed by atoms with E-state index < -0.39 is 10.0 Å². The highest BCUT2D eigenvalue weighted by Crippen LogP contribution is 2.38. The lowest BCUT2D eigenvalue weighted by Gasteiger charge is -2.27. The number of sulfonamides is 1. The van der Waals surface area contributed by atoms with Gasteiger partial charge >= 0.3 is 0 Å². The van der Waals surface area contributed by atoms with Gasteiger partial charge in [0, 0.05) is 6.04 Å². The molecule has 0 radical (unpaired) electrons. The zero-order valence-electron chi connectivity index (χ0n) is 10.0. The van der Waals surface area contributed by atoms with E-state index in [4.69, 9.17) is 5.73 Å². The first-order valence-electron chi connectivity index (χ1n) is 5.64. The molecule has 0 aromatic carbocycles. The van der Waals surface area contributed by atoms with E-state index in [1.54, 1.807) is 0 Å². The normalized spacial score (nSPS) is 24.0. The Morgan fingerprint density at radius 3 is 2.76 bits per heavy atom. The standard InChI is InChI=1S/C10H18N4O2S/c1-10(2)5-3-4-8(10)14-17(15,16)7-6-12-13-9(7)11/h6,8,14H,3-5H2,1-2H3,(H3,11,12,13). The molecule has 1 heterocycles.